The summed E-state index contributed by atoms with van der Waals surface area (Å²) in [5, 5.41) is 9.24. The lowest BCUT2D eigenvalue weighted by atomic mass is 10.1. The third-order valence-electron chi connectivity index (χ3n) is 4.20. The molecule has 2 amide bonds. The Bertz CT molecular complexity index is 438. The van der Waals surface area contributed by atoms with Gasteiger partial charge in [-0.1, -0.05) is 31.9 Å². The second-order valence-electron chi connectivity index (χ2n) is 5.89. The fourth-order valence-corrected chi connectivity index (χ4v) is 2.91. The average molecular weight is 289 g/mol. The lowest BCUT2D eigenvalue weighted by Crippen LogP contribution is -2.32. The molecule has 1 fully saturated rings. The van der Waals surface area contributed by atoms with Gasteiger partial charge in [-0.15, -0.1) is 0 Å². The molecule has 0 aliphatic heterocycles. The van der Waals surface area contributed by atoms with Gasteiger partial charge in [0.15, 0.2) is 0 Å². The number of benzene rings is 1. The Morgan fingerprint density at radius 2 is 1.90 bits per heavy atom. The van der Waals surface area contributed by atoms with E-state index in [0.717, 1.165) is 18.8 Å². The first-order valence-electron chi connectivity index (χ1n) is 8.07. The van der Waals surface area contributed by atoms with E-state index in [2.05, 4.69) is 41.9 Å². The molecule has 0 saturated heterocycles. The predicted molar refractivity (Wildman–Crippen MR) is 87.5 cm³/mol. The van der Waals surface area contributed by atoms with Gasteiger partial charge in [0.1, 0.15) is 0 Å². The number of anilines is 1. The molecule has 1 aliphatic rings. The highest BCUT2D eigenvalue weighted by atomic mass is 16.2. The fourth-order valence-electron chi connectivity index (χ4n) is 2.91. The van der Waals surface area contributed by atoms with E-state index in [0.29, 0.717) is 12.0 Å². The van der Waals surface area contributed by atoms with E-state index in [1.807, 2.05) is 12.1 Å². The number of carbonyl (C=O) groups is 1. The first-order valence-corrected chi connectivity index (χ1v) is 8.07. The SMILES string of the molecule is CCNC(C)c1ccc(NC(=O)NCC2CCCC2)cc1. The van der Waals surface area contributed by atoms with Crippen molar-refractivity contribution in [3.8, 4) is 0 Å². The van der Waals surface area contributed by atoms with Crippen LogP contribution in [0, 0.1) is 5.92 Å². The van der Waals surface area contributed by atoms with Gasteiger partial charge < -0.3 is 16.0 Å². The summed E-state index contributed by atoms with van der Waals surface area (Å²) in [5.74, 6) is 0.666. The van der Waals surface area contributed by atoms with Gasteiger partial charge in [0, 0.05) is 18.3 Å². The zero-order valence-corrected chi connectivity index (χ0v) is 13.1. The summed E-state index contributed by atoms with van der Waals surface area (Å²) in [5.41, 5.74) is 2.07. The van der Waals surface area contributed by atoms with Crippen molar-refractivity contribution in [3.05, 3.63) is 29.8 Å². The highest BCUT2D eigenvalue weighted by Crippen LogP contribution is 2.23. The van der Waals surface area contributed by atoms with Crippen molar-refractivity contribution in [2.75, 3.05) is 18.4 Å². The molecule has 1 aromatic carbocycles. The van der Waals surface area contributed by atoms with Gasteiger partial charge in [-0.05, 0) is 49.9 Å². The standard InChI is InChI=1S/C17H27N3O/c1-3-18-13(2)15-8-10-16(11-9-15)20-17(21)19-12-14-6-4-5-7-14/h8-11,13-14,18H,3-7,12H2,1-2H3,(H2,19,20,21). The molecule has 1 saturated carbocycles. The molecule has 1 unspecified atom stereocenters. The number of rotatable bonds is 6. The summed E-state index contributed by atoms with van der Waals surface area (Å²) < 4.78 is 0. The molecule has 4 heteroatoms. The quantitative estimate of drug-likeness (QED) is 0.748. The second-order valence-corrected chi connectivity index (χ2v) is 5.89. The van der Waals surface area contributed by atoms with Crippen LogP contribution in [0.4, 0.5) is 10.5 Å². The van der Waals surface area contributed by atoms with Crippen LogP contribution < -0.4 is 16.0 Å². The molecule has 0 aromatic heterocycles. The number of nitrogens with one attached hydrogen (secondary N) is 3. The lowest BCUT2D eigenvalue weighted by molar-refractivity contribution is 0.250. The molecule has 2 rings (SSSR count). The van der Waals surface area contributed by atoms with E-state index >= 15 is 0 Å². The van der Waals surface area contributed by atoms with Crippen LogP contribution in [-0.2, 0) is 0 Å². The van der Waals surface area contributed by atoms with Crippen molar-refractivity contribution in [2.45, 2.75) is 45.6 Å². The number of carbonyl (C=O) groups excluding carboxylic acids is 1. The number of hydrogen-bond donors (Lipinski definition) is 3. The van der Waals surface area contributed by atoms with Crippen molar-refractivity contribution in [1.29, 1.82) is 0 Å². The van der Waals surface area contributed by atoms with Gasteiger partial charge in [0.25, 0.3) is 0 Å². The first-order chi connectivity index (χ1) is 10.2. The zero-order chi connectivity index (χ0) is 15.1. The molecular formula is C17H27N3O. The van der Waals surface area contributed by atoms with E-state index in [9.17, 15) is 4.79 Å². The minimum Gasteiger partial charge on any atom is -0.338 e. The van der Waals surface area contributed by atoms with Gasteiger partial charge in [-0.3, -0.25) is 0 Å². The molecule has 116 valence electrons. The Balaban J connectivity index is 1.77. The molecule has 1 atom stereocenters. The maximum Gasteiger partial charge on any atom is 0.319 e. The highest BCUT2D eigenvalue weighted by molar-refractivity contribution is 5.89. The summed E-state index contributed by atoms with van der Waals surface area (Å²) in [7, 11) is 0. The average Bonchev–Trinajstić information content (AvgIpc) is 2.99. The Morgan fingerprint density at radius 1 is 1.24 bits per heavy atom. The third kappa shape index (κ3) is 5.05. The molecule has 1 aromatic rings. The molecular weight excluding hydrogens is 262 g/mol. The molecule has 3 N–H and O–H groups in total. The molecule has 1 aliphatic carbocycles. The molecule has 21 heavy (non-hydrogen) atoms. The summed E-state index contributed by atoms with van der Waals surface area (Å²) in [6.07, 6.45) is 5.10. The van der Waals surface area contributed by atoms with Crippen LogP contribution in [0.2, 0.25) is 0 Å². The van der Waals surface area contributed by atoms with Crippen LogP contribution in [0.5, 0.6) is 0 Å². The van der Waals surface area contributed by atoms with Crippen LogP contribution in [0.15, 0.2) is 24.3 Å². The van der Waals surface area contributed by atoms with Gasteiger partial charge in [0.05, 0.1) is 0 Å². The summed E-state index contributed by atoms with van der Waals surface area (Å²) >= 11 is 0. The Hall–Kier alpha value is -1.55. The molecule has 0 heterocycles. The smallest absolute Gasteiger partial charge is 0.319 e. The Kier molecular flexibility index (Phi) is 6.05. The maximum atomic E-state index is 11.9. The van der Waals surface area contributed by atoms with Crippen molar-refractivity contribution >= 4 is 11.7 Å². The van der Waals surface area contributed by atoms with E-state index in [-0.39, 0.29) is 6.03 Å². The van der Waals surface area contributed by atoms with Gasteiger partial charge in [-0.25, -0.2) is 4.79 Å². The van der Waals surface area contributed by atoms with Crippen LogP contribution in [0.1, 0.15) is 51.1 Å². The fraction of sp³-hybridized carbons (Fsp3) is 0.588. The Labute approximate surface area is 127 Å². The number of urea groups is 1. The van der Waals surface area contributed by atoms with Crippen LogP contribution in [0.25, 0.3) is 0 Å². The summed E-state index contributed by atoms with van der Waals surface area (Å²) in [6.45, 7) is 5.98. The van der Waals surface area contributed by atoms with E-state index in [1.54, 1.807) is 0 Å². The molecule has 0 radical (unpaired) electrons. The van der Waals surface area contributed by atoms with Crippen LogP contribution >= 0.6 is 0 Å². The van der Waals surface area contributed by atoms with Gasteiger partial charge >= 0.3 is 6.03 Å². The first kappa shape index (κ1) is 15.8. The monoisotopic (exact) mass is 289 g/mol. The van der Waals surface area contributed by atoms with Gasteiger partial charge in [0.2, 0.25) is 0 Å². The molecule has 0 bridgehead atoms. The Morgan fingerprint density at radius 3 is 2.52 bits per heavy atom. The largest absolute Gasteiger partial charge is 0.338 e. The van der Waals surface area contributed by atoms with E-state index in [1.165, 1.54) is 31.2 Å². The lowest BCUT2D eigenvalue weighted by Gasteiger charge is -2.14. The minimum atomic E-state index is -0.102. The number of hydrogen-bond acceptors (Lipinski definition) is 2. The normalized spacial score (nSPS) is 16.7. The number of amides is 2. The van der Waals surface area contributed by atoms with Crippen molar-refractivity contribution in [3.63, 3.8) is 0 Å². The highest BCUT2D eigenvalue weighted by Gasteiger charge is 2.15. The van der Waals surface area contributed by atoms with Crippen LogP contribution in [-0.4, -0.2) is 19.1 Å². The predicted octanol–water partition coefficient (Wildman–Crippen LogP) is 3.67. The van der Waals surface area contributed by atoms with E-state index in [4.69, 9.17) is 0 Å². The van der Waals surface area contributed by atoms with E-state index < -0.39 is 0 Å². The maximum absolute atomic E-state index is 11.9. The summed E-state index contributed by atoms with van der Waals surface area (Å²) in [4.78, 5) is 11.9. The summed E-state index contributed by atoms with van der Waals surface area (Å²) in [6, 6.07) is 8.26. The van der Waals surface area contributed by atoms with Crippen molar-refractivity contribution in [2.24, 2.45) is 5.92 Å². The third-order valence-corrected chi connectivity index (χ3v) is 4.20. The molecule has 4 nitrogen and oxygen atoms in total. The minimum absolute atomic E-state index is 0.102. The van der Waals surface area contributed by atoms with Crippen LogP contribution in [0.3, 0.4) is 0 Å². The van der Waals surface area contributed by atoms with Crippen molar-refractivity contribution in [1.82, 2.24) is 10.6 Å². The zero-order valence-electron chi connectivity index (χ0n) is 13.1. The van der Waals surface area contributed by atoms with Crippen molar-refractivity contribution < 1.29 is 4.79 Å². The topological polar surface area (TPSA) is 53.2 Å². The second kappa shape index (κ2) is 8.03. The molecule has 0 spiro atoms. The van der Waals surface area contributed by atoms with Gasteiger partial charge in [-0.2, -0.15) is 0 Å².